The summed E-state index contributed by atoms with van der Waals surface area (Å²) in [5, 5.41) is 12.6. The first-order valence-corrected chi connectivity index (χ1v) is 18.4. The molecule has 0 spiro atoms. The van der Waals surface area contributed by atoms with Gasteiger partial charge in [-0.1, -0.05) is 164 Å². The molecule has 1 heteroatoms. The third kappa shape index (κ3) is 4.58. The lowest BCUT2D eigenvalue weighted by Crippen LogP contribution is -1.94. The van der Waals surface area contributed by atoms with Crippen molar-refractivity contribution in [1.82, 2.24) is 4.57 Å². The Morgan fingerprint density at radius 2 is 0.755 bits per heavy atom. The number of benzene rings is 10. The molecule has 0 fully saturated rings. The summed E-state index contributed by atoms with van der Waals surface area (Å²) in [7, 11) is 0. The van der Waals surface area contributed by atoms with Crippen LogP contribution < -0.4 is 0 Å². The largest absolute Gasteiger partial charge is 0.309 e. The van der Waals surface area contributed by atoms with Crippen LogP contribution in [-0.4, -0.2) is 4.57 Å². The van der Waals surface area contributed by atoms with Gasteiger partial charge < -0.3 is 4.57 Å². The van der Waals surface area contributed by atoms with Crippen LogP contribution >= 0.6 is 0 Å². The van der Waals surface area contributed by atoms with Crippen LogP contribution in [0.15, 0.2) is 200 Å². The van der Waals surface area contributed by atoms with E-state index in [1.807, 2.05) is 0 Å². The molecule has 246 valence electrons. The van der Waals surface area contributed by atoms with Gasteiger partial charge in [0.2, 0.25) is 0 Å². The van der Waals surface area contributed by atoms with E-state index in [-0.39, 0.29) is 0 Å². The van der Waals surface area contributed by atoms with Gasteiger partial charge in [-0.2, -0.15) is 0 Å². The first kappa shape index (κ1) is 29.7. The zero-order chi connectivity index (χ0) is 34.9. The van der Waals surface area contributed by atoms with Gasteiger partial charge in [0.05, 0.1) is 11.0 Å². The highest BCUT2D eigenvalue weighted by Gasteiger charge is 2.19. The van der Waals surface area contributed by atoms with Gasteiger partial charge in [0.25, 0.3) is 0 Å². The first-order valence-electron chi connectivity index (χ1n) is 18.4. The Morgan fingerprint density at radius 3 is 1.40 bits per heavy atom. The average Bonchev–Trinajstić information content (AvgIpc) is 3.57. The van der Waals surface area contributed by atoms with Crippen LogP contribution in [0.2, 0.25) is 0 Å². The Kier molecular flexibility index (Phi) is 6.62. The van der Waals surface area contributed by atoms with Crippen molar-refractivity contribution in [1.29, 1.82) is 0 Å². The van der Waals surface area contributed by atoms with Gasteiger partial charge in [0, 0.05) is 21.8 Å². The van der Waals surface area contributed by atoms with Crippen molar-refractivity contribution in [2.75, 3.05) is 0 Å². The summed E-state index contributed by atoms with van der Waals surface area (Å²) in [6.07, 6.45) is 0. The number of aromatic nitrogens is 1. The quantitative estimate of drug-likeness (QED) is 0.164. The van der Waals surface area contributed by atoms with E-state index in [1.165, 1.54) is 104 Å². The lowest BCUT2D eigenvalue weighted by Gasteiger charge is -2.18. The second kappa shape index (κ2) is 11.8. The molecule has 11 rings (SSSR count). The molecule has 1 nitrogen and oxygen atoms in total. The molecule has 0 bridgehead atoms. The number of hydrogen-bond acceptors (Lipinski definition) is 0. The number of fused-ring (bicyclic) bond motifs is 8. The molecule has 0 aliphatic carbocycles. The smallest absolute Gasteiger partial charge is 0.0619 e. The highest BCUT2D eigenvalue weighted by molar-refractivity contribution is 6.23. The minimum atomic E-state index is 1.17. The van der Waals surface area contributed by atoms with Gasteiger partial charge in [0.15, 0.2) is 0 Å². The van der Waals surface area contributed by atoms with Gasteiger partial charge in [-0.25, -0.2) is 0 Å². The number of para-hydroxylation sites is 2. The summed E-state index contributed by atoms with van der Waals surface area (Å²) >= 11 is 0. The Labute approximate surface area is 307 Å². The Balaban J connectivity index is 1.11. The van der Waals surface area contributed by atoms with Crippen molar-refractivity contribution in [3.8, 4) is 39.1 Å². The van der Waals surface area contributed by atoms with Crippen molar-refractivity contribution >= 4 is 64.9 Å². The number of nitrogens with zero attached hydrogens (tertiary/aromatic N) is 1. The third-order valence-corrected chi connectivity index (χ3v) is 11.1. The Morgan fingerprint density at radius 1 is 0.283 bits per heavy atom. The molecule has 0 atom stereocenters. The van der Waals surface area contributed by atoms with Gasteiger partial charge in [0.1, 0.15) is 0 Å². The summed E-state index contributed by atoms with van der Waals surface area (Å²) in [6, 6.07) is 73.4. The van der Waals surface area contributed by atoms with Crippen LogP contribution in [-0.2, 0) is 0 Å². The van der Waals surface area contributed by atoms with Crippen molar-refractivity contribution in [3.63, 3.8) is 0 Å². The molecule has 0 amide bonds. The standard InChI is InChI=1S/C52H33N/c1-3-15-34(16-4-1)50-42-21-8-10-23-44(42)51(45-24-11-9-22-43(45)50)38-30-28-35-31-37(29-27-36(35)32-38)47-33-48-41-20-13-14-26-49(41)53(39-17-5-2-6-18-39)52(48)46-25-12-7-19-40(46)47/h1-33H. The van der Waals surface area contributed by atoms with Crippen molar-refractivity contribution < 1.29 is 0 Å². The lowest BCUT2D eigenvalue weighted by atomic mass is 9.85. The molecule has 1 aromatic heterocycles. The topological polar surface area (TPSA) is 4.93 Å². The van der Waals surface area contributed by atoms with Crippen LogP contribution in [0.3, 0.4) is 0 Å². The van der Waals surface area contributed by atoms with E-state index in [1.54, 1.807) is 0 Å². The highest BCUT2D eigenvalue weighted by atomic mass is 15.0. The number of rotatable bonds is 4. The van der Waals surface area contributed by atoms with Crippen LogP contribution in [0.4, 0.5) is 0 Å². The molecule has 1 heterocycles. The first-order chi connectivity index (χ1) is 26.3. The zero-order valence-electron chi connectivity index (χ0n) is 29.0. The van der Waals surface area contributed by atoms with E-state index in [9.17, 15) is 0 Å². The predicted octanol–water partition coefficient (Wildman–Crippen LogP) is 14.4. The van der Waals surface area contributed by atoms with E-state index in [0.29, 0.717) is 0 Å². The van der Waals surface area contributed by atoms with Gasteiger partial charge in [-0.15, -0.1) is 0 Å². The molecular weight excluding hydrogens is 639 g/mol. The minimum absolute atomic E-state index is 1.17. The van der Waals surface area contributed by atoms with Gasteiger partial charge in [-0.3, -0.25) is 0 Å². The van der Waals surface area contributed by atoms with Crippen LogP contribution in [0.5, 0.6) is 0 Å². The van der Waals surface area contributed by atoms with Crippen LogP contribution in [0, 0.1) is 0 Å². The molecule has 0 aliphatic rings. The average molecular weight is 672 g/mol. The summed E-state index contributed by atoms with van der Waals surface area (Å²) < 4.78 is 2.43. The monoisotopic (exact) mass is 671 g/mol. The molecule has 0 radical (unpaired) electrons. The molecule has 0 saturated heterocycles. The molecule has 0 N–H and O–H groups in total. The number of hydrogen-bond donors (Lipinski definition) is 0. The molecule has 0 saturated carbocycles. The fourth-order valence-electron chi connectivity index (χ4n) is 8.83. The molecular formula is C52H33N. The van der Waals surface area contributed by atoms with Crippen LogP contribution in [0.1, 0.15) is 0 Å². The van der Waals surface area contributed by atoms with Crippen molar-refractivity contribution in [2.45, 2.75) is 0 Å². The fraction of sp³-hybridized carbons (Fsp3) is 0. The summed E-state index contributed by atoms with van der Waals surface area (Å²) in [4.78, 5) is 0. The van der Waals surface area contributed by atoms with Crippen molar-refractivity contribution in [2.24, 2.45) is 0 Å². The molecule has 0 aliphatic heterocycles. The summed E-state index contributed by atoms with van der Waals surface area (Å²) in [5.41, 5.74) is 11.2. The van der Waals surface area contributed by atoms with Crippen molar-refractivity contribution in [3.05, 3.63) is 200 Å². The van der Waals surface area contributed by atoms with Crippen LogP contribution in [0.25, 0.3) is 104 Å². The predicted molar refractivity (Wildman–Crippen MR) is 227 cm³/mol. The SMILES string of the molecule is c1ccc(-c2c3ccccc3c(-c3ccc4cc(-c5cc6c7ccccc7n(-c7ccccc7)c6c6ccccc56)ccc4c3)c3ccccc23)cc1. The maximum Gasteiger partial charge on any atom is 0.0619 e. The van der Waals surface area contributed by atoms with E-state index in [2.05, 4.69) is 205 Å². The van der Waals surface area contributed by atoms with E-state index in [4.69, 9.17) is 0 Å². The summed E-state index contributed by atoms with van der Waals surface area (Å²) in [5.74, 6) is 0. The van der Waals surface area contributed by atoms with E-state index >= 15 is 0 Å². The van der Waals surface area contributed by atoms with Gasteiger partial charge >= 0.3 is 0 Å². The molecule has 0 unspecified atom stereocenters. The second-order valence-corrected chi connectivity index (χ2v) is 14.0. The normalized spacial score (nSPS) is 11.8. The fourth-order valence-corrected chi connectivity index (χ4v) is 8.83. The Hall–Kier alpha value is -6.96. The second-order valence-electron chi connectivity index (χ2n) is 14.0. The molecule has 11 aromatic rings. The summed E-state index contributed by atoms with van der Waals surface area (Å²) in [6.45, 7) is 0. The maximum atomic E-state index is 2.43. The third-order valence-electron chi connectivity index (χ3n) is 11.1. The zero-order valence-corrected chi connectivity index (χ0v) is 29.0. The molecule has 53 heavy (non-hydrogen) atoms. The lowest BCUT2D eigenvalue weighted by molar-refractivity contribution is 1.19. The highest BCUT2D eigenvalue weighted by Crippen LogP contribution is 2.45. The van der Waals surface area contributed by atoms with E-state index in [0.717, 1.165) is 0 Å². The van der Waals surface area contributed by atoms with Gasteiger partial charge in [-0.05, 0) is 107 Å². The maximum absolute atomic E-state index is 2.43. The Bertz CT molecular complexity index is 3150. The minimum Gasteiger partial charge on any atom is -0.309 e. The molecule has 10 aromatic carbocycles. The van der Waals surface area contributed by atoms with E-state index < -0.39 is 0 Å².